The molecule has 2 heterocycles. The second-order valence-electron chi connectivity index (χ2n) is 6.80. The number of hydrogen-bond donors (Lipinski definition) is 3. The Morgan fingerprint density at radius 2 is 1.89 bits per heavy atom. The fourth-order valence-electron chi connectivity index (χ4n) is 3.39. The van der Waals surface area contributed by atoms with E-state index in [9.17, 15) is 0 Å². The Balaban J connectivity index is 0.00000109. The van der Waals surface area contributed by atoms with E-state index < -0.39 is 0 Å². The van der Waals surface area contributed by atoms with Crippen molar-refractivity contribution in [2.75, 3.05) is 25.0 Å². The normalized spacial score (nSPS) is 15.6. The number of para-hydroxylation sites is 1. The summed E-state index contributed by atoms with van der Waals surface area (Å²) in [7, 11) is 0. The van der Waals surface area contributed by atoms with Gasteiger partial charge in [0.2, 0.25) is 0 Å². The highest BCUT2D eigenvalue weighted by Crippen LogP contribution is 2.26. The third-order valence-corrected chi connectivity index (χ3v) is 4.93. The lowest BCUT2D eigenvalue weighted by atomic mass is 10.1. The number of nitrogens with two attached hydrogens (primary N) is 1. The summed E-state index contributed by atoms with van der Waals surface area (Å²) in [5.74, 6) is 1.59. The Labute approximate surface area is 166 Å². The van der Waals surface area contributed by atoms with Gasteiger partial charge in [-0.25, -0.2) is 9.94 Å². The highest BCUT2D eigenvalue weighted by Gasteiger charge is 2.16. The molecule has 4 N–H and O–H groups in total. The van der Waals surface area contributed by atoms with E-state index in [1.807, 2.05) is 22.9 Å². The molecule has 0 amide bonds. The first-order valence-corrected chi connectivity index (χ1v) is 9.49. The molecule has 1 atom stereocenters. The quantitative estimate of drug-likeness (QED) is 0.616. The third kappa shape index (κ3) is 4.58. The SMILES string of the molecule is C#N.NCc1ccc(-c2cc(NC[C@H]3CCNC3)nn2-c2ccccc2)cc1. The van der Waals surface area contributed by atoms with Crippen molar-refractivity contribution in [3.05, 3.63) is 66.2 Å². The summed E-state index contributed by atoms with van der Waals surface area (Å²) >= 11 is 0. The smallest absolute Gasteiger partial charge is 0.149 e. The van der Waals surface area contributed by atoms with Crippen LogP contribution in [0.25, 0.3) is 16.9 Å². The molecule has 4 rings (SSSR count). The van der Waals surface area contributed by atoms with E-state index in [0.29, 0.717) is 12.5 Å². The standard InChI is InChI=1S/C21H25N5.CHN/c22-13-16-6-8-18(9-7-16)20-12-21(24-15-17-10-11-23-14-17)25-26(20)19-4-2-1-3-5-19;1-2/h1-9,12,17,23H,10-11,13-15,22H2,(H,24,25);1H/t17-;/m0./s1. The van der Waals surface area contributed by atoms with Gasteiger partial charge < -0.3 is 16.4 Å². The van der Waals surface area contributed by atoms with Gasteiger partial charge in [0.05, 0.1) is 11.4 Å². The topological polar surface area (TPSA) is 91.7 Å². The van der Waals surface area contributed by atoms with E-state index in [1.165, 1.54) is 6.42 Å². The first-order valence-electron chi connectivity index (χ1n) is 9.49. The number of nitrogens with one attached hydrogen (secondary N) is 2. The van der Waals surface area contributed by atoms with Crippen LogP contribution in [0.3, 0.4) is 0 Å². The fraction of sp³-hybridized carbons (Fsp3) is 0.273. The molecule has 1 aromatic heterocycles. The molecule has 0 radical (unpaired) electrons. The van der Waals surface area contributed by atoms with Gasteiger partial charge in [0.1, 0.15) is 5.82 Å². The predicted molar refractivity (Wildman–Crippen MR) is 113 cm³/mol. The van der Waals surface area contributed by atoms with Gasteiger partial charge in [0.25, 0.3) is 0 Å². The van der Waals surface area contributed by atoms with Crippen molar-refractivity contribution in [3.63, 3.8) is 0 Å². The molecule has 28 heavy (non-hydrogen) atoms. The monoisotopic (exact) mass is 374 g/mol. The summed E-state index contributed by atoms with van der Waals surface area (Å²) in [6.45, 7) is 7.20. The van der Waals surface area contributed by atoms with Gasteiger partial charge in [-0.3, -0.25) is 0 Å². The summed E-state index contributed by atoms with van der Waals surface area (Å²) < 4.78 is 2.01. The average molecular weight is 374 g/mol. The van der Waals surface area contributed by atoms with Gasteiger partial charge in [-0.15, -0.1) is 5.10 Å². The number of aromatic nitrogens is 2. The Hall–Kier alpha value is -3.14. The van der Waals surface area contributed by atoms with E-state index in [0.717, 1.165) is 48.0 Å². The van der Waals surface area contributed by atoms with Crippen LogP contribution in [0.2, 0.25) is 0 Å². The van der Waals surface area contributed by atoms with Crippen LogP contribution in [0.15, 0.2) is 60.7 Å². The Morgan fingerprint density at radius 1 is 1.14 bits per heavy atom. The number of rotatable bonds is 6. The minimum atomic E-state index is 0.556. The van der Waals surface area contributed by atoms with Crippen LogP contribution >= 0.6 is 0 Å². The van der Waals surface area contributed by atoms with Crippen molar-refractivity contribution >= 4 is 5.82 Å². The second-order valence-corrected chi connectivity index (χ2v) is 6.80. The van der Waals surface area contributed by atoms with Gasteiger partial charge in [-0.05, 0) is 43.1 Å². The molecule has 0 bridgehead atoms. The number of hydrogen-bond acceptors (Lipinski definition) is 5. The zero-order valence-electron chi connectivity index (χ0n) is 15.9. The van der Waals surface area contributed by atoms with Gasteiger partial charge in [0, 0.05) is 31.3 Å². The van der Waals surface area contributed by atoms with Crippen LogP contribution in [0.5, 0.6) is 0 Å². The first kappa shape index (κ1) is 19.6. The molecular formula is C22H26N6. The van der Waals surface area contributed by atoms with Crippen LogP contribution in [0.1, 0.15) is 12.0 Å². The van der Waals surface area contributed by atoms with E-state index in [2.05, 4.69) is 59.7 Å². The third-order valence-electron chi connectivity index (χ3n) is 4.93. The molecule has 1 aliphatic heterocycles. The first-order chi connectivity index (χ1) is 13.8. The van der Waals surface area contributed by atoms with Crippen molar-refractivity contribution in [1.82, 2.24) is 15.1 Å². The van der Waals surface area contributed by atoms with Crippen molar-refractivity contribution in [2.24, 2.45) is 11.7 Å². The molecule has 1 fully saturated rings. The van der Waals surface area contributed by atoms with Crippen LogP contribution in [0, 0.1) is 17.8 Å². The maximum atomic E-state index is 6.50. The molecule has 6 nitrogen and oxygen atoms in total. The molecule has 144 valence electrons. The molecular weight excluding hydrogens is 348 g/mol. The minimum Gasteiger partial charge on any atom is -0.368 e. The summed E-state index contributed by atoms with van der Waals surface area (Å²) in [6, 6.07) is 20.8. The van der Waals surface area contributed by atoms with E-state index in [4.69, 9.17) is 16.1 Å². The molecule has 2 aromatic carbocycles. The molecule has 0 aliphatic carbocycles. The molecule has 1 saturated heterocycles. The largest absolute Gasteiger partial charge is 0.368 e. The van der Waals surface area contributed by atoms with Crippen LogP contribution in [-0.4, -0.2) is 29.4 Å². The Morgan fingerprint density at radius 3 is 2.54 bits per heavy atom. The zero-order chi connectivity index (χ0) is 19.8. The lowest BCUT2D eigenvalue weighted by molar-refractivity contribution is 0.613. The fourth-order valence-corrected chi connectivity index (χ4v) is 3.39. The van der Waals surface area contributed by atoms with Gasteiger partial charge >= 0.3 is 0 Å². The summed E-state index contributed by atoms with van der Waals surface area (Å²) in [4.78, 5) is 0. The van der Waals surface area contributed by atoms with Gasteiger partial charge in [0.15, 0.2) is 0 Å². The maximum Gasteiger partial charge on any atom is 0.149 e. The number of anilines is 1. The van der Waals surface area contributed by atoms with Crippen LogP contribution in [0.4, 0.5) is 5.82 Å². The molecule has 1 aliphatic rings. The van der Waals surface area contributed by atoms with Gasteiger partial charge in [-0.2, -0.15) is 0 Å². The maximum absolute atomic E-state index is 6.50. The number of nitrogens with zero attached hydrogens (tertiary/aromatic N) is 3. The molecule has 0 saturated carbocycles. The average Bonchev–Trinajstić information content (AvgIpc) is 3.44. The van der Waals surface area contributed by atoms with E-state index >= 15 is 0 Å². The number of benzene rings is 2. The lowest BCUT2D eigenvalue weighted by Crippen LogP contribution is -2.17. The summed E-state index contributed by atoms with van der Waals surface area (Å²) in [5.41, 5.74) is 10.1. The lowest BCUT2D eigenvalue weighted by Gasteiger charge is -2.09. The molecule has 0 unspecified atom stereocenters. The zero-order valence-corrected chi connectivity index (χ0v) is 15.9. The van der Waals surface area contributed by atoms with Crippen molar-refractivity contribution in [2.45, 2.75) is 13.0 Å². The molecule has 3 aromatic rings. The van der Waals surface area contributed by atoms with E-state index in [-0.39, 0.29) is 0 Å². The molecule has 0 spiro atoms. The molecule has 6 heteroatoms. The van der Waals surface area contributed by atoms with Crippen LogP contribution in [-0.2, 0) is 6.54 Å². The van der Waals surface area contributed by atoms with Crippen LogP contribution < -0.4 is 16.4 Å². The van der Waals surface area contributed by atoms with E-state index in [1.54, 1.807) is 0 Å². The summed E-state index contributed by atoms with van der Waals surface area (Å²) in [5, 5.41) is 18.3. The van der Waals surface area contributed by atoms with Crippen molar-refractivity contribution < 1.29 is 0 Å². The highest BCUT2D eigenvalue weighted by atomic mass is 15.3. The number of nitriles is 1. The second kappa shape index (κ2) is 9.70. The van der Waals surface area contributed by atoms with Crippen molar-refractivity contribution in [1.29, 1.82) is 5.26 Å². The Bertz CT molecular complexity index is 876. The minimum absolute atomic E-state index is 0.556. The predicted octanol–water partition coefficient (Wildman–Crippen LogP) is 3.16. The van der Waals surface area contributed by atoms with Crippen molar-refractivity contribution in [3.8, 4) is 23.5 Å². The highest BCUT2D eigenvalue weighted by molar-refractivity contribution is 5.66. The Kier molecular flexibility index (Phi) is 6.79. The summed E-state index contributed by atoms with van der Waals surface area (Å²) in [6.07, 6.45) is 1.22. The van der Waals surface area contributed by atoms with Gasteiger partial charge in [-0.1, -0.05) is 42.5 Å².